The fraction of sp³-hybridized carbons (Fsp3) is 0.231. The Bertz CT molecular complexity index is 608. The molecule has 1 N–H and O–H groups in total. The Balaban J connectivity index is 2.00. The van der Waals surface area contributed by atoms with Crippen LogP contribution in [0.1, 0.15) is 12.7 Å². The van der Waals surface area contributed by atoms with Gasteiger partial charge in [0.05, 0.1) is 0 Å². The molecule has 0 radical (unpaired) electrons. The topological polar surface area (TPSA) is 64.4 Å². The van der Waals surface area contributed by atoms with Crippen molar-refractivity contribution in [1.82, 2.24) is 5.16 Å². The maximum atomic E-state index is 11.9. The van der Waals surface area contributed by atoms with Gasteiger partial charge in [0.15, 0.2) is 11.9 Å². The van der Waals surface area contributed by atoms with Gasteiger partial charge in [-0.2, -0.15) is 0 Å². The molecule has 0 aliphatic rings. The molecule has 0 bridgehead atoms. The predicted octanol–water partition coefficient (Wildman–Crippen LogP) is 3.70. The quantitative estimate of drug-likeness (QED) is 0.934. The third-order valence-corrected chi connectivity index (χ3v) is 2.83. The van der Waals surface area contributed by atoms with Crippen LogP contribution in [-0.4, -0.2) is 17.2 Å². The van der Waals surface area contributed by atoms with Crippen molar-refractivity contribution in [3.05, 3.63) is 40.1 Å². The smallest absolute Gasteiger partial charge is 0.266 e. The van der Waals surface area contributed by atoms with Crippen molar-refractivity contribution >= 4 is 34.9 Å². The van der Waals surface area contributed by atoms with Gasteiger partial charge in [-0.1, -0.05) is 28.4 Å². The molecule has 20 heavy (non-hydrogen) atoms. The fourth-order valence-electron chi connectivity index (χ4n) is 1.51. The Morgan fingerprint density at radius 1 is 1.30 bits per heavy atom. The molecule has 0 aliphatic heterocycles. The summed E-state index contributed by atoms with van der Waals surface area (Å²) >= 11 is 11.7. The minimum atomic E-state index is -0.735. The highest BCUT2D eigenvalue weighted by atomic mass is 35.5. The average molecular weight is 315 g/mol. The van der Waals surface area contributed by atoms with Crippen molar-refractivity contribution in [1.29, 1.82) is 0 Å². The second kappa shape index (κ2) is 6.15. The predicted molar refractivity (Wildman–Crippen MR) is 76.4 cm³/mol. The molecule has 1 amide bonds. The van der Waals surface area contributed by atoms with Crippen LogP contribution in [-0.2, 0) is 4.79 Å². The van der Waals surface area contributed by atoms with Crippen molar-refractivity contribution in [2.45, 2.75) is 20.0 Å². The van der Waals surface area contributed by atoms with Gasteiger partial charge >= 0.3 is 0 Å². The summed E-state index contributed by atoms with van der Waals surface area (Å²) in [4.78, 5) is 11.9. The monoisotopic (exact) mass is 314 g/mol. The number of benzene rings is 1. The van der Waals surface area contributed by atoms with Gasteiger partial charge in [-0.05, 0) is 32.0 Å². The first-order valence-corrected chi connectivity index (χ1v) is 6.56. The molecule has 7 heteroatoms. The number of ether oxygens (including phenoxy) is 1. The van der Waals surface area contributed by atoms with Gasteiger partial charge in [0.25, 0.3) is 5.91 Å². The third-order valence-electron chi connectivity index (χ3n) is 2.40. The second-order valence-electron chi connectivity index (χ2n) is 4.18. The van der Waals surface area contributed by atoms with Crippen LogP contribution < -0.4 is 10.1 Å². The lowest BCUT2D eigenvalue weighted by Gasteiger charge is -2.14. The van der Waals surface area contributed by atoms with Gasteiger partial charge in [-0.15, -0.1) is 0 Å². The molecule has 0 spiro atoms. The lowest BCUT2D eigenvalue weighted by molar-refractivity contribution is -0.122. The van der Waals surface area contributed by atoms with Crippen LogP contribution in [0.25, 0.3) is 0 Å². The molecule has 0 aliphatic carbocycles. The molecular weight excluding hydrogens is 303 g/mol. The van der Waals surface area contributed by atoms with E-state index in [2.05, 4.69) is 10.5 Å². The van der Waals surface area contributed by atoms with Crippen molar-refractivity contribution in [2.75, 3.05) is 5.32 Å². The van der Waals surface area contributed by atoms with E-state index in [9.17, 15) is 4.79 Å². The summed E-state index contributed by atoms with van der Waals surface area (Å²) in [6, 6.07) is 6.36. The van der Waals surface area contributed by atoms with Gasteiger partial charge < -0.3 is 14.6 Å². The summed E-state index contributed by atoms with van der Waals surface area (Å²) in [6.45, 7) is 3.34. The summed E-state index contributed by atoms with van der Waals surface area (Å²) in [5, 5.41) is 7.12. The van der Waals surface area contributed by atoms with Crippen LogP contribution in [0.5, 0.6) is 5.75 Å². The van der Waals surface area contributed by atoms with Gasteiger partial charge in [0, 0.05) is 16.1 Å². The number of nitrogens with zero attached hydrogens (tertiary/aromatic N) is 1. The molecule has 5 nitrogen and oxygen atoms in total. The summed E-state index contributed by atoms with van der Waals surface area (Å²) in [5.74, 6) is 1.01. The minimum absolute atomic E-state index is 0.340. The molecule has 0 saturated carbocycles. The van der Waals surface area contributed by atoms with E-state index >= 15 is 0 Å². The first-order chi connectivity index (χ1) is 9.44. The Morgan fingerprint density at radius 3 is 2.50 bits per heavy atom. The number of halogens is 2. The van der Waals surface area contributed by atoms with Gasteiger partial charge in [-0.25, -0.2) is 0 Å². The molecule has 1 aromatic heterocycles. The van der Waals surface area contributed by atoms with Crippen LogP contribution in [0.3, 0.4) is 0 Å². The Kier molecular flexibility index (Phi) is 4.52. The molecular formula is C13H12Cl2N2O3. The van der Waals surface area contributed by atoms with Crippen LogP contribution in [0, 0.1) is 6.92 Å². The highest BCUT2D eigenvalue weighted by molar-refractivity contribution is 6.34. The highest BCUT2D eigenvalue weighted by Gasteiger charge is 2.16. The van der Waals surface area contributed by atoms with Crippen LogP contribution in [0.4, 0.5) is 5.82 Å². The summed E-state index contributed by atoms with van der Waals surface area (Å²) in [7, 11) is 0. The number of nitrogens with one attached hydrogen (secondary N) is 1. The molecule has 0 unspecified atom stereocenters. The van der Waals surface area contributed by atoms with Crippen LogP contribution >= 0.6 is 23.2 Å². The summed E-state index contributed by atoms with van der Waals surface area (Å²) in [5.41, 5.74) is 0. The lowest BCUT2D eigenvalue weighted by Crippen LogP contribution is -2.30. The van der Waals surface area contributed by atoms with Gasteiger partial charge in [0.2, 0.25) is 0 Å². The van der Waals surface area contributed by atoms with Crippen molar-refractivity contribution in [2.24, 2.45) is 0 Å². The van der Waals surface area contributed by atoms with Crippen molar-refractivity contribution in [3.63, 3.8) is 0 Å². The zero-order valence-corrected chi connectivity index (χ0v) is 12.3. The molecule has 106 valence electrons. The Morgan fingerprint density at radius 2 is 1.95 bits per heavy atom. The second-order valence-corrected chi connectivity index (χ2v) is 5.05. The first-order valence-electron chi connectivity index (χ1n) is 5.81. The number of aryl methyl sites for hydroxylation is 1. The van der Waals surface area contributed by atoms with E-state index in [0.29, 0.717) is 27.4 Å². The van der Waals surface area contributed by atoms with Gasteiger partial charge in [0.1, 0.15) is 11.5 Å². The van der Waals surface area contributed by atoms with Crippen LogP contribution in [0.15, 0.2) is 28.8 Å². The molecule has 0 fully saturated rings. The number of anilines is 1. The third kappa shape index (κ3) is 3.88. The molecule has 1 aromatic carbocycles. The first kappa shape index (κ1) is 14.7. The van der Waals surface area contributed by atoms with E-state index in [4.69, 9.17) is 32.5 Å². The molecule has 1 atom stereocenters. The average Bonchev–Trinajstić information content (AvgIpc) is 2.73. The lowest BCUT2D eigenvalue weighted by atomic mass is 10.3. The maximum Gasteiger partial charge on any atom is 0.266 e. The minimum Gasteiger partial charge on any atom is -0.481 e. The summed E-state index contributed by atoms with van der Waals surface area (Å²) in [6.07, 6.45) is -0.735. The van der Waals surface area contributed by atoms with E-state index in [0.717, 1.165) is 0 Å². The number of hydrogen-bond acceptors (Lipinski definition) is 4. The Hall–Kier alpha value is -1.72. The van der Waals surface area contributed by atoms with Crippen LogP contribution in [0.2, 0.25) is 10.0 Å². The number of carbonyl (C=O) groups is 1. The number of amides is 1. The fourth-order valence-corrected chi connectivity index (χ4v) is 2.01. The van der Waals surface area contributed by atoms with E-state index < -0.39 is 6.10 Å². The summed E-state index contributed by atoms with van der Waals surface area (Å²) < 4.78 is 10.3. The number of hydrogen-bond donors (Lipinski definition) is 1. The zero-order valence-electron chi connectivity index (χ0n) is 10.8. The number of rotatable bonds is 4. The molecule has 2 aromatic rings. The van der Waals surface area contributed by atoms with E-state index in [1.165, 1.54) is 0 Å². The van der Waals surface area contributed by atoms with Gasteiger partial charge in [-0.3, -0.25) is 4.79 Å². The van der Waals surface area contributed by atoms with E-state index in [1.54, 1.807) is 38.1 Å². The normalized spacial score (nSPS) is 12.0. The maximum absolute atomic E-state index is 11.9. The highest BCUT2D eigenvalue weighted by Crippen LogP contribution is 2.25. The Labute approximate surface area is 125 Å². The van der Waals surface area contributed by atoms with Crippen molar-refractivity contribution < 1.29 is 14.1 Å². The zero-order chi connectivity index (χ0) is 14.7. The SMILES string of the molecule is Cc1cc(NC(=O)[C@@H](C)Oc2cc(Cl)cc(Cl)c2)no1. The van der Waals surface area contributed by atoms with Crippen molar-refractivity contribution in [3.8, 4) is 5.75 Å². The number of carbonyl (C=O) groups excluding carboxylic acids is 1. The molecule has 1 heterocycles. The molecule has 2 rings (SSSR count). The standard InChI is InChI=1S/C13H12Cl2N2O3/c1-7-3-12(17-20-7)16-13(18)8(2)19-11-5-9(14)4-10(15)6-11/h3-6,8H,1-2H3,(H,16,17,18)/t8-/m1/s1. The van der Waals surface area contributed by atoms with E-state index in [1.807, 2.05) is 0 Å². The largest absolute Gasteiger partial charge is 0.481 e. The van der Waals surface area contributed by atoms with E-state index in [-0.39, 0.29) is 5.91 Å². The molecule has 0 saturated heterocycles. The number of aromatic nitrogens is 1.